The third kappa shape index (κ3) is 8.53. The zero-order valence-electron chi connectivity index (χ0n) is 12.5. The number of carboxylic acids is 2. The minimum absolute atomic E-state index is 0.0866. The van der Waals surface area contributed by atoms with Gasteiger partial charge in [-0.05, 0) is 32.1 Å². The first-order valence-electron chi connectivity index (χ1n) is 7.51. The molecule has 0 aromatic rings. The van der Waals surface area contributed by atoms with E-state index in [1.54, 1.807) is 0 Å². The van der Waals surface area contributed by atoms with Crippen LogP contribution in [-0.4, -0.2) is 45.1 Å². The topological polar surface area (TPSA) is 104 Å². The minimum atomic E-state index is -1.11. The van der Waals surface area contributed by atoms with Crippen molar-refractivity contribution in [1.29, 1.82) is 0 Å². The standard InChI is InChI=1S/C14H23NO5S2/c16-12(6-2-1-4-10-8-9-21-22-10)15-11(14(19)20)5-3-7-13(17)18/h10-11H,1-9H2,(H,15,16)(H,17,18)(H,19,20). The summed E-state index contributed by atoms with van der Waals surface area (Å²) in [7, 11) is 3.82. The first-order valence-corrected chi connectivity index (χ1v) is 9.89. The number of carboxylic acid groups (broad SMARTS) is 2. The molecule has 0 spiro atoms. The second kappa shape index (κ2) is 10.8. The molecule has 0 saturated carbocycles. The van der Waals surface area contributed by atoms with Gasteiger partial charge in [-0.2, -0.15) is 0 Å². The van der Waals surface area contributed by atoms with Crippen molar-refractivity contribution in [3.8, 4) is 0 Å². The van der Waals surface area contributed by atoms with Crippen molar-refractivity contribution >= 4 is 39.4 Å². The second-order valence-electron chi connectivity index (χ2n) is 5.32. The predicted molar refractivity (Wildman–Crippen MR) is 88.0 cm³/mol. The lowest BCUT2D eigenvalue weighted by Crippen LogP contribution is -2.40. The molecule has 0 radical (unpaired) electrons. The van der Waals surface area contributed by atoms with Gasteiger partial charge < -0.3 is 15.5 Å². The number of rotatable bonds is 11. The van der Waals surface area contributed by atoms with E-state index in [1.165, 1.54) is 12.2 Å². The van der Waals surface area contributed by atoms with E-state index in [1.807, 2.05) is 21.6 Å². The number of nitrogens with one attached hydrogen (secondary N) is 1. The molecule has 1 heterocycles. The fraction of sp³-hybridized carbons (Fsp3) is 0.786. The van der Waals surface area contributed by atoms with Crippen molar-refractivity contribution in [3.63, 3.8) is 0 Å². The average molecular weight is 349 g/mol. The van der Waals surface area contributed by atoms with Gasteiger partial charge in [0, 0.05) is 23.8 Å². The monoisotopic (exact) mass is 349 g/mol. The Labute approximate surface area is 138 Å². The number of amides is 1. The lowest BCUT2D eigenvalue weighted by molar-refractivity contribution is -0.142. The Morgan fingerprint density at radius 2 is 1.91 bits per heavy atom. The summed E-state index contributed by atoms with van der Waals surface area (Å²) in [5.41, 5.74) is 0. The van der Waals surface area contributed by atoms with E-state index >= 15 is 0 Å². The van der Waals surface area contributed by atoms with Crippen LogP contribution in [0.15, 0.2) is 0 Å². The van der Waals surface area contributed by atoms with E-state index in [-0.39, 0.29) is 25.2 Å². The molecule has 2 atom stereocenters. The maximum atomic E-state index is 11.8. The zero-order chi connectivity index (χ0) is 16.4. The van der Waals surface area contributed by atoms with Gasteiger partial charge in [0.1, 0.15) is 6.04 Å². The summed E-state index contributed by atoms with van der Waals surface area (Å²) >= 11 is 0. The van der Waals surface area contributed by atoms with E-state index in [4.69, 9.17) is 10.2 Å². The number of carbonyl (C=O) groups is 3. The molecular formula is C14H23NO5S2. The number of carbonyl (C=O) groups excluding carboxylic acids is 1. The van der Waals surface area contributed by atoms with Crippen molar-refractivity contribution in [2.75, 3.05) is 5.75 Å². The smallest absolute Gasteiger partial charge is 0.326 e. The molecule has 126 valence electrons. The number of aliphatic carboxylic acids is 2. The van der Waals surface area contributed by atoms with Crippen LogP contribution in [0.25, 0.3) is 0 Å². The van der Waals surface area contributed by atoms with Crippen LogP contribution in [0.5, 0.6) is 0 Å². The highest BCUT2D eigenvalue weighted by molar-refractivity contribution is 8.77. The zero-order valence-corrected chi connectivity index (χ0v) is 14.1. The molecule has 0 aromatic carbocycles. The molecule has 0 bridgehead atoms. The summed E-state index contributed by atoms with van der Waals surface area (Å²) in [6, 6.07) is -0.992. The van der Waals surface area contributed by atoms with Gasteiger partial charge in [0.05, 0.1) is 0 Å². The van der Waals surface area contributed by atoms with Gasteiger partial charge in [-0.3, -0.25) is 9.59 Å². The van der Waals surface area contributed by atoms with Gasteiger partial charge in [0.15, 0.2) is 0 Å². The van der Waals surface area contributed by atoms with Crippen LogP contribution < -0.4 is 5.32 Å². The van der Waals surface area contributed by atoms with E-state index in [0.717, 1.165) is 19.3 Å². The van der Waals surface area contributed by atoms with Gasteiger partial charge in [-0.1, -0.05) is 28.0 Å². The van der Waals surface area contributed by atoms with Crippen LogP contribution in [0.2, 0.25) is 0 Å². The molecule has 1 aliphatic heterocycles. The van der Waals surface area contributed by atoms with E-state index in [0.29, 0.717) is 11.7 Å². The Hall–Kier alpha value is -0.890. The van der Waals surface area contributed by atoms with Crippen molar-refractivity contribution in [2.45, 2.75) is 62.7 Å². The molecule has 0 aliphatic carbocycles. The lowest BCUT2D eigenvalue weighted by Gasteiger charge is -2.14. The third-order valence-corrected chi connectivity index (χ3v) is 6.43. The van der Waals surface area contributed by atoms with Crippen molar-refractivity contribution in [1.82, 2.24) is 5.32 Å². The van der Waals surface area contributed by atoms with Crippen LogP contribution in [0, 0.1) is 0 Å². The normalized spacial score (nSPS) is 18.8. The second-order valence-corrected chi connectivity index (χ2v) is 8.11. The van der Waals surface area contributed by atoms with Gasteiger partial charge in [-0.15, -0.1) is 0 Å². The highest BCUT2D eigenvalue weighted by atomic mass is 33.1. The van der Waals surface area contributed by atoms with Crippen molar-refractivity contribution < 1.29 is 24.6 Å². The molecule has 6 nitrogen and oxygen atoms in total. The Morgan fingerprint density at radius 1 is 1.14 bits per heavy atom. The van der Waals surface area contributed by atoms with Gasteiger partial charge in [-0.25, -0.2) is 4.79 Å². The number of unbranched alkanes of at least 4 members (excludes halogenated alkanes) is 1. The molecule has 1 saturated heterocycles. The first-order chi connectivity index (χ1) is 10.5. The first kappa shape index (κ1) is 19.2. The molecule has 0 aromatic heterocycles. The molecule has 1 fully saturated rings. The Morgan fingerprint density at radius 3 is 2.50 bits per heavy atom. The predicted octanol–water partition coefficient (Wildman–Crippen LogP) is 2.52. The van der Waals surface area contributed by atoms with Gasteiger partial charge >= 0.3 is 11.9 Å². The quantitative estimate of drug-likeness (QED) is 0.389. The average Bonchev–Trinajstić information content (AvgIpc) is 2.95. The fourth-order valence-electron chi connectivity index (χ4n) is 2.20. The van der Waals surface area contributed by atoms with Crippen LogP contribution in [0.4, 0.5) is 0 Å². The molecule has 1 rings (SSSR count). The van der Waals surface area contributed by atoms with Crippen molar-refractivity contribution in [2.24, 2.45) is 0 Å². The SMILES string of the molecule is O=C(O)CCCC(NC(=O)CCCCC1CCSS1)C(=O)O. The maximum Gasteiger partial charge on any atom is 0.326 e. The Balaban J connectivity index is 2.15. The fourth-order valence-corrected chi connectivity index (χ4v) is 5.23. The largest absolute Gasteiger partial charge is 0.481 e. The summed E-state index contributed by atoms with van der Waals surface area (Å²) in [5, 5.41) is 20.7. The number of hydrogen-bond acceptors (Lipinski definition) is 5. The molecule has 22 heavy (non-hydrogen) atoms. The Kier molecular flexibility index (Phi) is 9.38. The summed E-state index contributed by atoms with van der Waals surface area (Å²) in [6.07, 6.45) is 4.69. The summed E-state index contributed by atoms with van der Waals surface area (Å²) in [5.74, 6) is -1.14. The molecule has 1 aliphatic rings. The summed E-state index contributed by atoms with van der Waals surface area (Å²) < 4.78 is 0. The molecule has 8 heteroatoms. The van der Waals surface area contributed by atoms with E-state index in [9.17, 15) is 14.4 Å². The lowest BCUT2D eigenvalue weighted by atomic mass is 10.1. The van der Waals surface area contributed by atoms with E-state index < -0.39 is 18.0 Å². The van der Waals surface area contributed by atoms with E-state index in [2.05, 4.69) is 5.32 Å². The molecule has 3 N–H and O–H groups in total. The van der Waals surface area contributed by atoms with Gasteiger partial charge in [0.2, 0.25) is 5.91 Å². The summed E-state index contributed by atoms with van der Waals surface area (Å²) in [4.78, 5) is 33.2. The third-order valence-electron chi connectivity index (χ3n) is 3.42. The maximum absolute atomic E-state index is 11.8. The molecular weight excluding hydrogens is 326 g/mol. The van der Waals surface area contributed by atoms with Crippen LogP contribution in [-0.2, 0) is 14.4 Å². The highest BCUT2D eigenvalue weighted by Gasteiger charge is 2.20. The summed E-state index contributed by atoms with van der Waals surface area (Å²) in [6.45, 7) is 0. The van der Waals surface area contributed by atoms with Crippen LogP contribution >= 0.6 is 21.6 Å². The van der Waals surface area contributed by atoms with Gasteiger partial charge in [0.25, 0.3) is 0 Å². The molecule has 1 amide bonds. The van der Waals surface area contributed by atoms with Crippen LogP contribution in [0.1, 0.15) is 51.4 Å². The Bertz CT molecular complexity index is 385. The number of hydrogen-bond donors (Lipinski definition) is 3. The minimum Gasteiger partial charge on any atom is -0.481 e. The van der Waals surface area contributed by atoms with Crippen LogP contribution in [0.3, 0.4) is 0 Å². The highest BCUT2D eigenvalue weighted by Crippen LogP contribution is 2.39. The molecule has 2 unspecified atom stereocenters. The van der Waals surface area contributed by atoms with Crippen molar-refractivity contribution in [3.05, 3.63) is 0 Å².